The Kier molecular flexibility index (Phi) is 6.17. The Morgan fingerprint density at radius 3 is 2.71 bits per heavy atom. The normalized spacial score (nSPS) is 15.1. The summed E-state index contributed by atoms with van der Waals surface area (Å²) in [6.07, 6.45) is 0.291. The molecular weight excluding hydrogens is 447 g/mol. The summed E-state index contributed by atoms with van der Waals surface area (Å²) < 4.78 is 27.1. The number of hydrogen-bond donors (Lipinski definition) is 1. The summed E-state index contributed by atoms with van der Waals surface area (Å²) in [5.74, 6) is 0.664. The van der Waals surface area contributed by atoms with Crippen molar-refractivity contribution in [3.8, 4) is 11.5 Å². The van der Waals surface area contributed by atoms with Crippen molar-refractivity contribution in [2.75, 3.05) is 31.7 Å². The number of hydrogen-bond acceptors (Lipinski definition) is 5. The van der Waals surface area contributed by atoms with E-state index in [9.17, 15) is 14.3 Å². The molecule has 7 heteroatoms. The van der Waals surface area contributed by atoms with Gasteiger partial charge in [-0.1, -0.05) is 12.1 Å². The average Bonchev–Trinajstić information content (AvgIpc) is 3.19. The number of aliphatic hydroxyl groups is 1. The van der Waals surface area contributed by atoms with Crippen molar-refractivity contribution in [1.29, 1.82) is 0 Å². The van der Waals surface area contributed by atoms with Gasteiger partial charge in [-0.25, -0.2) is 4.39 Å². The number of rotatable bonds is 6. The highest BCUT2D eigenvalue weighted by Gasteiger charge is 2.24. The van der Waals surface area contributed by atoms with Gasteiger partial charge in [0.15, 0.2) is 0 Å². The fourth-order valence-electron chi connectivity index (χ4n) is 4.65. The summed E-state index contributed by atoms with van der Waals surface area (Å²) in [5, 5.41) is 10.3. The lowest BCUT2D eigenvalue weighted by Crippen LogP contribution is -2.41. The van der Waals surface area contributed by atoms with E-state index in [-0.39, 0.29) is 24.4 Å². The standard InChI is InChI=1S/C28H27FN2O4/c1-18-14-24-19(12-13-32)4-3-5-25(24)31(18)28(33)20-6-9-22(10-7-20)34-17-23-16-30(2)26-11-8-21(29)15-27(26)35-23/h3-11,14-15,23,32H,12-13,16-17H2,1-2H3/t23-/m0/s1. The van der Waals surface area contributed by atoms with Crippen molar-refractivity contribution < 1.29 is 23.8 Å². The van der Waals surface area contributed by atoms with E-state index in [4.69, 9.17) is 9.47 Å². The molecule has 180 valence electrons. The maximum Gasteiger partial charge on any atom is 0.262 e. The quantitative estimate of drug-likeness (QED) is 0.443. The number of likely N-dealkylation sites (N-methyl/N-ethyl adjacent to an activating group) is 1. The predicted molar refractivity (Wildman–Crippen MR) is 133 cm³/mol. The highest BCUT2D eigenvalue weighted by Crippen LogP contribution is 2.33. The smallest absolute Gasteiger partial charge is 0.262 e. The van der Waals surface area contributed by atoms with E-state index in [2.05, 4.69) is 0 Å². The third kappa shape index (κ3) is 4.47. The second kappa shape index (κ2) is 9.43. The predicted octanol–water partition coefficient (Wildman–Crippen LogP) is 4.59. The second-order valence-corrected chi connectivity index (χ2v) is 8.82. The van der Waals surface area contributed by atoms with Gasteiger partial charge < -0.3 is 19.5 Å². The van der Waals surface area contributed by atoms with Crippen LogP contribution in [-0.4, -0.2) is 48.5 Å². The average molecular weight is 475 g/mol. The zero-order valence-electron chi connectivity index (χ0n) is 19.7. The summed E-state index contributed by atoms with van der Waals surface area (Å²) in [7, 11) is 1.94. The van der Waals surface area contributed by atoms with E-state index >= 15 is 0 Å². The second-order valence-electron chi connectivity index (χ2n) is 8.82. The van der Waals surface area contributed by atoms with Crippen molar-refractivity contribution in [2.24, 2.45) is 0 Å². The molecule has 0 aliphatic carbocycles. The molecule has 1 N–H and O–H groups in total. The molecule has 0 unspecified atom stereocenters. The molecule has 0 amide bonds. The van der Waals surface area contributed by atoms with Crippen molar-refractivity contribution in [1.82, 2.24) is 4.57 Å². The Morgan fingerprint density at radius 2 is 1.94 bits per heavy atom. The molecule has 0 bridgehead atoms. The largest absolute Gasteiger partial charge is 0.490 e. The van der Waals surface area contributed by atoms with E-state index in [1.807, 2.05) is 43.1 Å². The minimum atomic E-state index is -0.339. The van der Waals surface area contributed by atoms with Crippen molar-refractivity contribution in [2.45, 2.75) is 19.4 Å². The first kappa shape index (κ1) is 22.9. The summed E-state index contributed by atoms with van der Waals surface area (Å²) in [6, 6.07) is 19.3. The van der Waals surface area contributed by atoms with Crippen molar-refractivity contribution in [3.63, 3.8) is 0 Å². The van der Waals surface area contributed by atoms with E-state index in [1.165, 1.54) is 12.1 Å². The lowest BCUT2D eigenvalue weighted by atomic mass is 10.1. The van der Waals surface area contributed by atoms with Crippen LogP contribution >= 0.6 is 0 Å². The van der Waals surface area contributed by atoms with Gasteiger partial charge in [-0.3, -0.25) is 9.36 Å². The molecule has 3 aromatic carbocycles. The number of aliphatic hydroxyl groups excluding tert-OH is 1. The van der Waals surface area contributed by atoms with Crippen LogP contribution < -0.4 is 14.4 Å². The third-order valence-electron chi connectivity index (χ3n) is 6.35. The number of ether oxygens (including phenoxy) is 2. The summed E-state index contributed by atoms with van der Waals surface area (Å²) >= 11 is 0. The van der Waals surface area contributed by atoms with Gasteiger partial charge in [0.1, 0.15) is 30.0 Å². The SMILES string of the molecule is Cc1cc2c(CCO)cccc2n1C(=O)c1ccc(OC[C@@H]2CN(C)c3ccc(F)cc3O2)cc1. The zero-order valence-corrected chi connectivity index (χ0v) is 19.7. The third-order valence-corrected chi connectivity index (χ3v) is 6.35. The van der Waals surface area contributed by atoms with Crippen molar-refractivity contribution >= 4 is 22.5 Å². The molecule has 1 aliphatic heterocycles. The Hall–Kier alpha value is -3.84. The number of carbonyl (C=O) groups excluding carboxylic acids is 1. The monoisotopic (exact) mass is 474 g/mol. The van der Waals surface area contributed by atoms with Gasteiger partial charge in [-0.15, -0.1) is 0 Å². The molecule has 2 heterocycles. The molecule has 0 fully saturated rings. The van der Waals surface area contributed by atoms with E-state index in [1.54, 1.807) is 34.9 Å². The fourth-order valence-corrected chi connectivity index (χ4v) is 4.65. The summed E-state index contributed by atoms with van der Waals surface area (Å²) in [5.41, 5.74) is 4.08. The molecule has 35 heavy (non-hydrogen) atoms. The molecule has 0 saturated carbocycles. The Morgan fingerprint density at radius 1 is 1.14 bits per heavy atom. The van der Waals surface area contributed by atoms with Gasteiger partial charge in [0.2, 0.25) is 0 Å². The molecule has 1 aliphatic rings. The number of anilines is 1. The minimum Gasteiger partial charge on any atom is -0.490 e. The molecule has 1 aromatic heterocycles. The first-order valence-electron chi connectivity index (χ1n) is 11.6. The van der Waals surface area contributed by atoms with Crippen LogP contribution in [0.15, 0.2) is 66.7 Å². The molecule has 0 radical (unpaired) electrons. The summed E-state index contributed by atoms with van der Waals surface area (Å²) in [4.78, 5) is 15.3. The number of carbonyl (C=O) groups is 1. The fraction of sp³-hybridized carbons (Fsp3) is 0.250. The number of nitrogens with zero attached hydrogens (tertiary/aromatic N) is 2. The van der Waals surface area contributed by atoms with Crippen LogP contribution in [0.4, 0.5) is 10.1 Å². The van der Waals surface area contributed by atoms with Crippen LogP contribution in [0.5, 0.6) is 11.5 Å². The van der Waals surface area contributed by atoms with Crippen LogP contribution in [0, 0.1) is 12.7 Å². The number of fused-ring (bicyclic) bond motifs is 2. The topological polar surface area (TPSA) is 63.9 Å². The van der Waals surface area contributed by atoms with Gasteiger partial charge in [-0.05, 0) is 67.4 Å². The van der Waals surface area contributed by atoms with Gasteiger partial charge >= 0.3 is 0 Å². The lowest BCUT2D eigenvalue weighted by Gasteiger charge is -2.33. The summed E-state index contributed by atoms with van der Waals surface area (Å²) in [6.45, 7) is 2.88. The maximum absolute atomic E-state index is 13.6. The number of aryl methyl sites for hydroxylation is 1. The molecular formula is C28H27FN2O4. The van der Waals surface area contributed by atoms with Gasteiger partial charge in [-0.2, -0.15) is 0 Å². The van der Waals surface area contributed by atoms with Gasteiger partial charge in [0.25, 0.3) is 5.91 Å². The van der Waals surface area contributed by atoms with Crippen LogP contribution in [0.25, 0.3) is 10.9 Å². The highest BCUT2D eigenvalue weighted by atomic mass is 19.1. The number of halogens is 1. The van der Waals surface area contributed by atoms with E-state index in [0.29, 0.717) is 36.6 Å². The zero-order chi connectivity index (χ0) is 24.5. The van der Waals surface area contributed by atoms with Gasteiger partial charge in [0, 0.05) is 36.4 Å². The molecule has 4 aromatic rings. The first-order valence-corrected chi connectivity index (χ1v) is 11.6. The van der Waals surface area contributed by atoms with Crippen LogP contribution in [0.2, 0.25) is 0 Å². The van der Waals surface area contributed by atoms with Crippen molar-refractivity contribution in [3.05, 3.63) is 89.4 Å². The molecule has 1 atom stereocenters. The first-order chi connectivity index (χ1) is 16.9. The minimum absolute atomic E-state index is 0.0599. The van der Waals surface area contributed by atoms with Crippen LogP contribution in [0.1, 0.15) is 21.6 Å². The Balaban J connectivity index is 1.29. The Bertz CT molecular complexity index is 1380. The molecule has 6 nitrogen and oxygen atoms in total. The molecule has 5 rings (SSSR count). The Labute approximate surface area is 203 Å². The van der Waals surface area contributed by atoms with Crippen LogP contribution in [0.3, 0.4) is 0 Å². The van der Waals surface area contributed by atoms with E-state index < -0.39 is 0 Å². The maximum atomic E-state index is 13.6. The van der Waals surface area contributed by atoms with E-state index in [0.717, 1.165) is 27.8 Å². The highest BCUT2D eigenvalue weighted by molar-refractivity contribution is 6.03. The van der Waals surface area contributed by atoms with Gasteiger partial charge in [0.05, 0.1) is 17.7 Å². The molecule has 0 saturated heterocycles. The molecule has 0 spiro atoms. The number of benzene rings is 3. The van der Waals surface area contributed by atoms with Crippen LogP contribution in [-0.2, 0) is 6.42 Å². The number of aromatic nitrogens is 1. The lowest BCUT2D eigenvalue weighted by molar-refractivity contribution is 0.0962.